The summed E-state index contributed by atoms with van der Waals surface area (Å²) >= 11 is 9.30. The van der Waals surface area contributed by atoms with Crippen molar-refractivity contribution >= 4 is 38.4 Å². The maximum Gasteiger partial charge on any atom is 0.189 e. The smallest absolute Gasteiger partial charge is 0.189 e. The van der Waals surface area contributed by atoms with Gasteiger partial charge < -0.3 is 4.98 Å². The maximum atomic E-state index is 11.6. The Labute approximate surface area is 94.0 Å². The first kappa shape index (κ1) is 9.74. The first-order valence-corrected chi connectivity index (χ1v) is 5.24. The molecule has 2 rings (SSSR count). The second-order valence-electron chi connectivity index (χ2n) is 3.13. The molecule has 1 aromatic carbocycles. The number of hydrogen-bond donors (Lipinski definition) is 1. The summed E-state index contributed by atoms with van der Waals surface area (Å²) in [5, 5.41) is 1.16. The highest BCUT2D eigenvalue weighted by Gasteiger charge is 2.05. The van der Waals surface area contributed by atoms with Gasteiger partial charge in [0.1, 0.15) is 0 Å². The van der Waals surface area contributed by atoms with Crippen molar-refractivity contribution in [3.63, 3.8) is 0 Å². The van der Waals surface area contributed by atoms with Gasteiger partial charge in [0.2, 0.25) is 0 Å². The molecular formula is C10H7BrClNO. The van der Waals surface area contributed by atoms with E-state index in [1.54, 1.807) is 18.2 Å². The minimum Gasteiger partial charge on any atom is -0.357 e. The van der Waals surface area contributed by atoms with Crippen LogP contribution in [0.3, 0.4) is 0 Å². The Bertz CT molecular complexity index is 562. The molecule has 0 spiro atoms. The van der Waals surface area contributed by atoms with Gasteiger partial charge in [0, 0.05) is 21.6 Å². The molecule has 1 heterocycles. The molecule has 72 valence electrons. The lowest BCUT2D eigenvalue weighted by Gasteiger charge is -2.02. The summed E-state index contributed by atoms with van der Waals surface area (Å²) in [6, 6.07) is 5.09. The van der Waals surface area contributed by atoms with Crippen molar-refractivity contribution in [2.24, 2.45) is 0 Å². The lowest BCUT2D eigenvalue weighted by Crippen LogP contribution is -2.03. The van der Waals surface area contributed by atoms with Crippen molar-refractivity contribution in [3.8, 4) is 0 Å². The minimum atomic E-state index is -0.0144. The molecule has 2 aromatic rings. The SMILES string of the molecule is Cc1cc(=O)c2cc(Br)cc(Cl)c2[nH]1. The average Bonchev–Trinajstić information content (AvgIpc) is 2.07. The number of rotatable bonds is 0. The molecule has 1 aromatic heterocycles. The maximum absolute atomic E-state index is 11.6. The van der Waals surface area contributed by atoms with Crippen LogP contribution >= 0.6 is 27.5 Å². The second kappa shape index (κ2) is 3.41. The molecule has 1 N–H and O–H groups in total. The fraction of sp³-hybridized carbons (Fsp3) is 0.100. The van der Waals surface area contributed by atoms with Crippen LogP contribution in [-0.2, 0) is 0 Å². The van der Waals surface area contributed by atoms with Gasteiger partial charge in [-0.05, 0) is 19.1 Å². The van der Waals surface area contributed by atoms with Gasteiger partial charge >= 0.3 is 0 Å². The van der Waals surface area contributed by atoms with Gasteiger partial charge in [-0.25, -0.2) is 0 Å². The zero-order valence-electron chi connectivity index (χ0n) is 7.40. The number of pyridine rings is 1. The fourth-order valence-electron chi connectivity index (χ4n) is 1.40. The van der Waals surface area contributed by atoms with Gasteiger partial charge in [-0.15, -0.1) is 0 Å². The van der Waals surface area contributed by atoms with Crippen LogP contribution in [0.4, 0.5) is 0 Å². The van der Waals surface area contributed by atoms with E-state index in [9.17, 15) is 4.79 Å². The molecule has 0 radical (unpaired) electrons. The van der Waals surface area contributed by atoms with E-state index in [-0.39, 0.29) is 5.43 Å². The van der Waals surface area contributed by atoms with E-state index in [0.717, 1.165) is 10.2 Å². The van der Waals surface area contributed by atoms with Crippen LogP contribution in [0.15, 0.2) is 27.5 Å². The molecule has 4 heteroatoms. The monoisotopic (exact) mass is 271 g/mol. The molecule has 0 amide bonds. The number of nitrogens with one attached hydrogen (secondary N) is 1. The Hall–Kier alpha value is -0.800. The highest BCUT2D eigenvalue weighted by Crippen LogP contribution is 2.24. The van der Waals surface area contributed by atoms with Crippen molar-refractivity contribution in [1.82, 2.24) is 4.98 Å². The molecule has 0 saturated heterocycles. The molecule has 0 aliphatic carbocycles. The van der Waals surface area contributed by atoms with Crippen molar-refractivity contribution in [3.05, 3.63) is 43.6 Å². The van der Waals surface area contributed by atoms with Gasteiger partial charge in [0.15, 0.2) is 5.43 Å². The Kier molecular flexibility index (Phi) is 2.37. The van der Waals surface area contributed by atoms with Crippen molar-refractivity contribution in [1.29, 1.82) is 0 Å². The highest BCUT2D eigenvalue weighted by molar-refractivity contribution is 9.10. The zero-order valence-corrected chi connectivity index (χ0v) is 9.74. The minimum absolute atomic E-state index is 0.0144. The molecule has 14 heavy (non-hydrogen) atoms. The van der Waals surface area contributed by atoms with Gasteiger partial charge in [-0.2, -0.15) is 0 Å². The van der Waals surface area contributed by atoms with Crippen LogP contribution in [0.2, 0.25) is 5.02 Å². The Morgan fingerprint density at radius 3 is 2.79 bits per heavy atom. The standard InChI is InChI=1S/C10H7BrClNO/c1-5-2-9(14)7-3-6(11)4-8(12)10(7)13-5/h2-4H,1H3,(H,13,14). The van der Waals surface area contributed by atoms with Crippen LogP contribution in [0, 0.1) is 6.92 Å². The number of halogens is 2. The zero-order chi connectivity index (χ0) is 10.3. The molecule has 0 atom stereocenters. The summed E-state index contributed by atoms with van der Waals surface area (Å²) in [5.74, 6) is 0. The van der Waals surface area contributed by atoms with E-state index < -0.39 is 0 Å². The number of fused-ring (bicyclic) bond motifs is 1. The topological polar surface area (TPSA) is 32.9 Å². The molecular weight excluding hydrogens is 265 g/mol. The van der Waals surface area contributed by atoms with Crippen molar-refractivity contribution in [2.75, 3.05) is 0 Å². The summed E-state index contributed by atoms with van der Waals surface area (Å²) in [4.78, 5) is 14.7. The van der Waals surface area contributed by atoms with E-state index in [1.165, 1.54) is 0 Å². The predicted octanol–water partition coefficient (Wildman–Crippen LogP) is 3.25. The van der Waals surface area contributed by atoms with Crippen molar-refractivity contribution < 1.29 is 0 Å². The number of aryl methyl sites for hydroxylation is 1. The third-order valence-corrected chi connectivity index (χ3v) is 2.75. The number of H-pyrrole nitrogens is 1. The number of benzene rings is 1. The van der Waals surface area contributed by atoms with E-state index in [0.29, 0.717) is 15.9 Å². The predicted molar refractivity (Wildman–Crippen MR) is 62.0 cm³/mol. The van der Waals surface area contributed by atoms with Crippen molar-refractivity contribution in [2.45, 2.75) is 6.92 Å². The quantitative estimate of drug-likeness (QED) is 0.784. The normalized spacial score (nSPS) is 10.8. The van der Waals surface area contributed by atoms with Crippen LogP contribution in [0.1, 0.15) is 5.69 Å². The van der Waals surface area contributed by atoms with E-state index >= 15 is 0 Å². The summed E-state index contributed by atoms with van der Waals surface area (Å²) in [5.41, 5.74) is 1.49. The lowest BCUT2D eigenvalue weighted by molar-refractivity contribution is 1.24. The Balaban J connectivity index is 3.02. The summed E-state index contributed by atoms with van der Waals surface area (Å²) in [6.07, 6.45) is 0. The Morgan fingerprint density at radius 1 is 1.36 bits per heavy atom. The molecule has 0 unspecified atom stereocenters. The van der Waals surface area contributed by atoms with Gasteiger partial charge in [0.05, 0.1) is 10.5 Å². The first-order chi connectivity index (χ1) is 6.58. The van der Waals surface area contributed by atoms with Crippen LogP contribution in [0.25, 0.3) is 10.9 Å². The van der Waals surface area contributed by atoms with E-state index in [4.69, 9.17) is 11.6 Å². The number of aromatic nitrogens is 1. The molecule has 0 aliphatic rings. The molecule has 2 nitrogen and oxygen atoms in total. The van der Waals surface area contributed by atoms with Gasteiger partial charge in [0.25, 0.3) is 0 Å². The number of hydrogen-bond acceptors (Lipinski definition) is 1. The van der Waals surface area contributed by atoms with E-state index in [2.05, 4.69) is 20.9 Å². The average molecular weight is 273 g/mol. The van der Waals surface area contributed by atoms with Crippen LogP contribution < -0.4 is 5.43 Å². The van der Waals surface area contributed by atoms with Gasteiger partial charge in [-0.1, -0.05) is 27.5 Å². The molecule has 0 aliphatic heterocycles. The summed E-state index contributed by atoms with van der Waals surface area (Å²) < 4.78 is 0.810. The fourth-order valence-corrected chi connectivity index (χ4v) is 2.26. The second-order valence-corrected chi connectivity index (χ2v) is 4.45. The first-order valence-electron chi connectivity index (χ1n) is 4.06. The van der Waals surface area contributed by atoms with Gasteiger partial charge in [-0.3, -0.25) is 4.79 Å². The Morgan fingerprint density at radius 2 is 2.07 bits per heavy atom. The largest absolute Gasteiger partial charge is 0.357 e. The highest BCUT2D eigenvalue weighted by atomic mass is 79.9. The third-order valence-electron chi connectivity index (χ3n) is 1.99. The molecule has 0 saturated carbocycles. The summed E-state index contributed by atoms with van der Waals surface area (Å²) in [6.45, 7) is 1.83. The lowest BCUT2D eigenvalue weighted by atomic mass is 10.2. The van der Waals surface area contributed by atoms with E-state index in [1.807, 2.05) is 6.92 Å². The molecule has 0 bridgehead atoms. The van der Waals surface area contributed by atoms with Crippen LogP contribution in [0.5, 0.6) is 0 Å². The number of aromatic amines is 1. The van der Waals surface area contributed by atoms with Crippen LogP contribution in [-0.4, -0.2) is 4.98 Å². The molecule has 0 fully saturated rings. The summed E-state index contributed by atoms with van der Waals surface area (Å²) in [7, 11) is 0. The third kappa shape index (κ3) is 1.57.